The van der Waals surface area contributed by atoms with E-state index in [1.165, 1.54) is 5.56 Å². The third kappa shape index (κ3) is 6.46. The Morgan fingerprint density at radius 2 is 1.56 bits per heavy atom. The second-order valence-electron chi connectivity index (χ2n) is 10.5. The summed E-state index contributed by atoms with van der Waals surface area (Å²) >= 11 is 0. The van der Waals surface area contributed by atoms with Crippen molar-refractivity contribution in [3.05, 3.63) is 120 Å². The molecule has 0 unspecified atom stereocenters. The van der Waals surface area contributed by atoms with Crippen molar-refractivity contribution < 1.29 is 4.79 Å². The Morgan fingerprint density at radius 1 is 0.780 bits per heavy atom. The molecule has 3 aromatic carbocycles. The van der Waals surface area contributed by atoms with E-state index in [-0.39, 0.29) is 5.78 Å². The quantitative estimate of drug-likeness (QED) is 0.267. The molecule has 6 rings (SSSR count). The van der Waals surface area contributed by atoms with Crippen LogP contribution in [0.1, 0.15) is 22.3 Å². The first kappa shape index (κ1) is 26.3. The summed E-state index contributed by atoms with van der Waals surface area (Å²) in [4.78, 5) is 31.3. The number of hydrogen-bond donors (Lipinski definition) is 0. The zero-order valence-corrected chi connectivity index (χ0v) is 22.8. The lowest BCUT2D eigenvalue weighted by molar-refractivity contribution is -0.117. The lowest BCUT2D eigenvalue weighted by atomic mass is 9.99. The largest absolute Gasteiger partial charge is 0.353 e. The minimum absolute atomic E-state index is 0.124. The Hall–Kier alpha value is -4.93. The Bertz CT molecular complexity index is 1700. The van der Waals surface area contributed by atoms with E-state index >= 15 is 0 Å². The van der Waals surface area contributed by atoms with E-state index in [0.717, 1.165) is 71.8 Å². The van der Waals surface area contributed by atoms with Crippen molar-refractivity contribution in [1.82, 2.24) is 19.9 Å². The minimum Gasteiger partial charge on any atom is -0.353 e. The van der Waals surface area contributed by atoms with Crippen LogP contribution in [0.4, 0.5) is 5.82 Å². The number of nitriles is 1. The van der Waals surface area contributed by atoms with Gasteiger partial charge in [-0.05, 0) is 58.1 Å². The summed E-state index contributed by atoms with van der Waals surface area (Å²) in [5.41, 5.74) is 7.53. The molecule has 0 saturated carbocycles. The Morgan fingerprint density at radius 3 is 2.34 bits per heavy atom. The number of aromatic nitrogens is 3. The lowest BCUT2D eigenvalue weighted by Gasteiger charge is -2.35. The molecule has 0 aliphatic carbocycles. The fourth-order valence-electron chi connectivity index (χ4n) is 5.30. The van der Waals surface area contributed by atoms with E-state index in [2.05, 4.69) is 56.2 Å². The third-order valence-electron chi connectivity index (χ3n) is 7.50. The van der Waals surface area contributed by atoms with Gasteiger partial charge in [-0.2, -0.15) is 5.26 Å². The first-order valence-electron chi connectivity index (χ1n) is 13.9. The number of fused-ring (bicyclic) bond motifs is 1. The van der Waals surface area contributed by atoms with Gasteiger partial charge in [0.05, 0.1) is 28.9 Å². The van der Waals surface area contributed by atoms with E-state index in [1.54, 1.807) is 12.1 Å². The van der Waals surface area contributed by atoms with Crippen LogP contribution in [0.15, 0.2) is 97.5 Å². The van der Waals surface area contributed by atoms with Crippen LogP contribution in [0.3, 0.4) is 0 Å². The van der Waals surface area contributed by atoms with Gasteiger partial charge >= 0.3 is 0 Å². The average molecular weight is 539 g/mol. The maximum atomic E-state index is 12.6. The van der Waals surface area contributed by atoms with Gasteiger partial charge in [0.15, 0.2) is 0 Å². The number of benzene rings is 3. The molecule has 0 spiro atoms. The summed E-state index contributed by atoms with van der Waals surface area (Å²) in [6.45, 7) is 4.66. The molecule has 1 saturated heterocycles. The molecule has 5 aromatic rings. The van der Waals surface area contributed by atoms with Gasteiger partial charge < -0.3 is 4.90 Å². The van der Waals surface area contributed by atoms with Crippen molar-refractivity contribution >= 4 is 22.6 Å². The summed E-state index contributed by atoms with van der Waals surface area (Å²) in [7, 11) is 0. The Kier molecular flexibility index (Phi) is 7.74. The average Bonchev–Trinajstić information content (AvgIpc) is 3.02. The van der Waals surface area contributed by atoms with Crippen molar-refractivity contribution in [3.63, 3.8) is 0 Å². The van der Waals surface area contributed by atoms with Gasteiger partial charge in [-0.3, -0.25) is 19.7 Å². The first-order valence-corrected chi connectivity index (χ1v) is 13.9. The number of hydrogen-bond acceptors (Lipinski definition) is 7. The van der Waals surface area contributed by atoms with Gasteiger partial charge in [0.1, 0.15) is 11.6 Å². The first-order chi connectivity index (χ1) is 20.1. The third-order valence-corrected chi connectivity index (χ3v) is 7.50. The number of piperazine rings is 1. The fourth-order valence-corrected chi connectivity index (χ4v) is 5.30. The molecule has 1 aliphatic heterocycles. The molecule has 0 N–H and O–H groups in total. The van der Waals surface area contributed by atoms with Crippen LogP contribution in [0.2, 0.25) is 0 Å². The van der Waals surface area contributed by atoms with Gasteiger partial charge in [-0.1, -0.05) is 48.5 Å². The van der Waals surface area contributed by atoms with Crippen molar-refractivity contribution in [3.8, 4) is 17.2 Å². The molecule has 0 amide bonds. The summed E-state index contributed by atoms with van der Waals surface area (Å²) in [5, 5.41) is 9.09. The zero-order valence-electron chi connectivity index (χ0n) is 22.8. The van der Waals surface area contributed by atoms with E-state index in [1.807, 2.05) is 55.0 Å². The summed E-state index contributed by atoms with van der Waals surface area (Å²) in [5.74, 6) is 1.03. The molecule has 1 fully saturated rings. The zero-order chi connectivity index (χ0) is 28.0. The van der Waals surface area contributed by atoms with E-state index in [4.69, 9.17) is 10.2 Å². The molecule has 202 valence electrons. The van der Waals surface area contributed by atoms with E-state index in [9.17, 15) is 4.79 Å². The topological polar surface area (TPSA) is 86.0 Å². The van der Waals surface area contributed by atoms with Crippen molar-refractivity contribution in [2.45, 2.75) is 19.4 Å². The van der Waals surface area contributed by atoms with Gasteiger partial charge in [0.25, 0.3) is 0 Å². The highest BCUT2D eigenvalue weighted by Gasteiger charge is 2.19. The number of pyridine rings is 1. The summed E-state index contributed by atoms with van der Waals surface area (Å²) in [6.07, 6.45) is 6.30. The molecule has 0 atom stereocenters. The van der Waals surface area contributed by atoms with Crippen LogP contribution >= 0.6 is 0 Å². The number of carbonyl (C=O) groups is 1. The number of anilines is 1. The molecule has 0 bridgehead atoms. The predicted octanol–water partition coefficient (Wildman–Crippen LogP) is 5.24. The maximum Gasteiger partial charge on any atom is 0.147 e. The molecule has 7 nitrogen and oxygen atoms in total. The van der Waals surface area contributed by atoms with Crippen LogP contribution in [-0.2, 0) is 24.2 Å². The van der Waals surface area contributed by atoms with Gasteiger partial charge in [-0.25, -0.2) is 4.98 Å². The van der Waals surface area contributed by atoms with Crippen LogP contribution in [0.5, 0.6) is 0 Å². The van der Waals surface area contributed by atoms with Crippen molar-refractivity contribution in [2.24, 2.45) is 0 Å². The standard InChI is InChI=1S/C34H30N6O/c35-21-27-4-1-3-26(17-27)19-31(41)18-25-6-8-29(9-7-25)30-10-11-32-33(20-30)38-34(23-37-32)40-15-13-39(14-16-40)24-28-5-2-12-36-22-28/h1-12,17,20,22-23H,13-16,18-19,24H2. The van der Waals surface area contributed by atoms with Crippen molar-refractivity contribution in [1.29, 1.82) is 5.26 Å². The number of nitrogens with zero attached hydrogens (tertiary/aromatic N) is 6. The normalized spacial score (nSPS) is 13.7. The smallest absolute Gasteiger partial charge is 0.147 e. The Labute approximate surface area is 239 Å². The van der Waals surface area contributed by atoms with Gasteiger partial charge in [-0.15, -0.1) is 0 Å². The van der Waals surface area contributed by atoms with Crippen LogP contribution < -0.4 is 4.90 Å². The maximum absolute atomic E-state index is 12.6. The molecule has 1 aliphatic rings. The van der Waals surface area contributed by atoms with E-state index in [0.29, 0.717) is 18.4 Å². The van der Waals surface area contributed by atoms with Crippen molar-refractivity contribution in [2.75, 3.05) is 31.1 Å². The fraction of sp³-hybridized carbons (Fsp3) is 0.206. The van der Waals surface area contributed by atoms with E-state index < -0.39 is 0 Å². The molecular formula is C34H30N6O. The molecule has 7 heteroatoms. The molecule has 0 radical (unpaired) electrons. The SMILES string of the molecule is N#Cc1cccc(CC(=O)Cc2ccc(-c3ccc4ncc(N5CCN(Cc6cccnc6)CC5)nc4c3)cc2)c1. The number of rotatable bonds is 8. The molecule has 2 aromatic heterocycles. The number of carbonyl (C=O) groups excluding carboxylic acids is 1. The van der Waals surface area contributed by atoms with Crippen LogP contribution in [-0.4, -0.2) is 51.8 Å². The predicted molar refractivity (Wildman–Crippen MR) is 160 cm³/mol. The van der Waals surface area contributed by atoms with Crippen LogP contribution in [0.25, 0.3) is 22.2 Å². The Balaban J connectivity index is 1.10. The van der Waals surface area contributed by atoms with Crippen LogP contribution in [0, 0.1) is 11.3 Å². The lowest BCUT2D eigenvalue weighted by Crippen LogP contribution is -2.46. The molecular weight excluding hydrogens is 508 g/mol. The monoisotopic (exact) mass is 538 g/mol. The highest BCUT2D eigenvalue weighted by atomic mass is 16.1. The molecule has 3 heterocycles. The second kappa shape index (κ2) is 12.1. The summed E-state index contributed by atoms with van der Waals surface area (Å²) in [6, 6.07) is 27.8. The molecule has 41 heavy (non-hydrogen) atoms. The summed E-state index contributed by atoms with van der Waals surface area (Å²) < 4.78 is 0. The highest BCUT2D eigenvalue weighted by Crippen LogP contribution is 2.25. The number of ketones is 1. The van der Waals surface area contributed by atoms with Gasteiger partial charge in [0.2, 0.25) is 0 Å². The number of Topliss-reactive ketones (excluding diaryl/α,β-unsaturated/α-hetero) is 1. The second-order valence-corrected chi connectivity index (χ2v) is 10.5. The highest BCUT2D eigenvalue weighted by molar-refractivity contribution is 5.84. The van der Waals surface area contributed by atoms with Gasteiger partial charge in [0, 0.05) is 58.0 Å². The minimum atomic E-state index is 0.124.